The summed E-state index contributed by atoms with van der Waals surface area (Å²) in [6, 6.07) is 14.1. The van der Waals surface area contributed by atoms with E-state index in [4.69, 9.17) is 18.9 Å². The molecule has 0 aromatic heterocycles. The van der Waals surface area contributed by atoms with Crippen molar-refractivity contribution in [3.8, 4) is 23.0 Å². The number of ether oxygens (including phenoxy) is 4. The van der Waals surface area contributed by atoms with Crippen LogP contribution in [-0.2, 0) is 4.79 Å². The Morgan fingerprint density at radius 1 is 0.946 bits per heavy atom. The summed E-state index contributed by atoms with van der Waals surface area (Å²) in [5.41, 5.74) is 4.97. The van der Waals surface area contributed by atoms with E-state index < -0.39 is 5.97 Å². The van der Waals surface area contributed by atoms with Crippen LogP contribution in [0.5, 0.6) is 23.0 Å². The van der Waals surface area contributed by atoms with Crippen LogP contribution in [-0.4, -0.2) is 46.0 Å². The van der Waals surface area contributed by atoms with E-state index in [0.29, 0.717) is 31.8 Å². The zero-order valence-corrected chi connectivity index (χ0v) is 23.7. The van der Waals surface area contributed by atoms with Crippen LogP contribution in [0.2, 0.25) is 0 Å². The average Bonchev–Trinajstić information content (AvgIpc) is 2.88. The fraction of sp³-hybridized carbons (Fsp3) is 0.192. The Morgan fingerprint density at radius 3 is 2.24 bits per heavy atom. The Balaban J connectivity index is 1.77. The van der Waals surface area contributed by atoms with Crippen LogP contribution in [0.1, 0.15) is 21.5 Å². The van der Waals surface area contributed by atoms with Crippen LogP contribution in [0.4, 0.5) is 5.69 Å². The number of esters is 1. The van der Waals surface area contributed by atoms with Gasteiger partial charge in [-0.15, -0.1) is 0 Å². The highest BCUT2D eigenvalue weighted by Crippen LogP contribution is 2.39. The molecular weight excluding hydrogens is 610 g/mol. The van der Waals surface area contributed by atoms with Crippen LogP contribution in [0, 0.1) is 6.92 Å². The van der Waals surface area contributed by atoms with Crippen molar-refractivity contribution in [1.82, 2.24) is 5.43 Å². The van der Waals surface area contributed by atoms with E-state index in [0.717, 1.165) is 11.3 Å². The predicted molar refractivity (Wildman–Crippen MR) is 148 cm³/mol. The Morgan fingerprint density at radius 2 is 1.62 bits per heavy atom. The van der Waals surface area contributed by atoms with Crippen LogP contribution in [0.3, 0.4) is 0 Å². The van der Waals surface area contributed by atoms with Crippen LogP contribution < -0.4 is 29.7 Å². The SMILES string of the molecule is COc1cc(C(=O)Oc2c(Br)cc(Br)cc2C=NNC(=O)CNc2ccccc2C)cc(OC)c1OC. The first kappa shape index (κ1) is 28.0. The normalized spacial score (nSPS) is 10.6. The molecule has 0 aliphatic heterocycles. The van der Waals surface area contributed by atoms with Gasteiger partial charge in [-0.1, -0.05) is 34.1 Å². The molecule has 0 saturated carbocycles. The second-order valence-electron chi connectivity index (χ2n) is 7.57. The molecule has 3 aromatic rings. The summed E-state index contributed by atoms with van der Waals surface area (Å²) in [4.78, 5) is 25.3. The van der Waals surface area contributed by atoms with Crippen LogP contribution in [0.25, 0.3) is 0 Å². The van der Waals surface area contributed by atoms with Gasteiger partial charge in [0.15, 0.2) is 17.2 Å². The van der Waals surface area contributed by atoms with Gasteiger partial charge in [0.1, 0.15) is 0 Å². The van der Waals surface area contributed by atoms with E-state index in [2.05, 4.69) is 47.7 Å². The van der Waals surface area contributed by atoms with Crippen molar-refractivity contribution in [2.75, 3.05) is 33.2 Å². The third-order valence-corrected chi connectivity index (χ3v) is 6.16. The van der Waals surface area contributed by atoms with Crippen molar-refractivity contribution in [2.45, 2.75) is 6.92 Å². The summed E-state index contributed by atoms with van der Waals surface area (Å²) in [5, 5.41) is 7.08. The average molecular weight is 635 g/mol. The van der Waals surface area contributed by atoms with Crippen molar-refractivity contribution in [3.63, 3.8) is 0 Å². The monoisotopic (exact) mass is 633 g/mol. The molecule has 0 spiro atoms. The lowest BCUT2D eigenvalue weighted by atomic mass is 10.1. The number of hydrogen-bond acceptors (Lipinski definition) is 8. The number of para-hydroxylation sites is 1. The van der Waals surface area contributed by atoms with E-state index >= 15 is 0 Å². The van der Waals surface area contributed by atoms with Gasteiger partial charge >= 0.3 is 5.97 Å². The number of hydrogen-bond donors (Lipinski definition) is 2. The van der Waals surface area contributed by atoms with E-state index in [1.165, 1.54) is 39.7 Å². The lowest BCUT2D eigenvalue weighted by molar-refractivity contribution is -0.119. The summed E-state index contributed by atoms with van der Waals surface area (Å²) in [5.74, 6) is 0.178. The Labute approximate surface area is 231 Å². The minimum atomic E-state index is -0.664. The van der Waals surface area contributed by atoms with Gasteiger partial charge in [0.2, 0.25) is 5.75 Å². The standard InChI is InChI=1S/C26H25Br2N3O6/c1-15-7-5-6-8-20(15)29-14-23(32)31-30-13-17-9-18(27)12-19(28)24(17)37-26(33)16-10-21(34-2)25(36-4)22(11-16)35-3/h5-13,29H,14H2,1-4H3,(H,31,32). The first-order valence-electron chi connectivity index (χ1n) is 10.9. The minimum Gasteiger partial charge on any atom is -0.493 e. The minimum absolute atomic E-state index is 0.0351. The van der Waals surface area contributed by atoms with E-state index in [1.54, 1.807) is 12.1 Å². The largest absolute Gasteiger partial charge is 0.493 e. The Hall–Kier alpha value is -3.57. The molecule has 37 heavy (non-hydrogen) atoms. The van der Waals surface area contributed by atoms with Gasteiger partial charge < -0.3 is 24.3 Å². The molecule has 0 heterocycles. The number of halogens is 2. The maximum atomic E-state index is 13.0. The molecule has 1 amide bonds. The summed E-state index contributed by atoms with van der Waals surface area (Å²) in [7, 11) is 4.38. The van der Waals surface area contributed by atoms with Crippen LogP contribution >= 0.6 is 31.9 Å². The molecule has 2 N–H and O–H groups in total. The van der Waals surface area contributed by atoms with Gasteiger partial charge in [0.05, 0.1) is 44.1 Å². The molecule has 9 nitrogen and oxygen atoms in total. The molecule has 0 aliphatic carbocycles. The number of nitrogens with zero attached hydrogens (tertiary/aromatic N) is 1. The summed E-state index contributed by atoms with van der Waals surface area (Å²) in [6.07, 6.45) is 1.39. The number of amides is 1. The summed E-state index contributed by atoms with van der Waals surface area (Å²) >= 11 is 6.83. The predicted octanol–water partition coefficient (Wildman–Crippen LogP) is 5.33. The molecule has 3 rings (SSSR count). The maximum absolute atomic E-state index is 13.0. The molecular formula is C26H25Br2N3O6. The zero-order chi connectivity index (χ0) is 26.9. The van der Waals surface area contributed by atoms with Gasteiger partial charge in [-0.2, -0.15) is 5.10 Å². The molecule has 3 aromatic carbocycles. The number of aryl methyl sites for hydroxylation is 1. The number of anilines is 1. The molecule has 0 unspecified atom stereocenters. The highest BCUT2D eigenvalue weighted by atomic mass is 79.9. The van der Waals surface area contributed by atoms with Gasteiger partial charge in [-0.05, 0) is 58.7 Å². The van der Waals surface area contributed by atoms with Crippen molar-refractivity contribution >= 4 is 55.6 Å². The van der Waals surface area contributed by atoms with Crippen molar-refractivity contribution in [2.24, 2.45) is 5.10 Å². The van der Waals surface area contributed by atoms with E-state index in [-0.39, 0.29) is 23.8 Å². The summed E-state index contributed by atoms with van der Waals surface area (Å²) < 4.78 is 22.8. The highest BCUT2D eigenvalue weighted by Gasteiger charge is 2.20. The number of methoxy groups -OCH3 is 3. The highest BCUT2D eigenvalue weighted by molar-refractivity contribution is 9.11. The van der Waals surface area contributed by atoms with Gasteiger partial charge in [-0.25, -0.2) is 10.2 Å². The number of hydrazone groups is 1. The molecule has 0 fully saturated rings. The number of nitrogens with one attached hydrogen (secondary N) is 2. The first-order chi connectivity index (χ1) is 17.8. The molecule has 0 radical (unpaired) electrons. The van der Waals surface area contributed by atoms with Gasteiger partial charge in [0, 0.05) is 15.7 Å². The van der Waals surface area contributed by atoms with E-state index in [9.17, 15) is 9.59 Å². The smallest absolute Gasteiger partial charge is 0.343 e. The quantitative estimate of drug-likeness (QED) is 0.134. The van der Waals surface area contributed by atoms with Crippen molar-refractivity contribution in [1.29, 1.82) is 0 Å². The first-order valence-corrected chi connectivity index (χ1v) is 12.5. The Bertz CT molecular complexity index is 1300. The third kappa shape index (κ3) is 7.23. The summed E-state index contributed by atoms with van der Waals surface area (Å²) in [6.45, 7) is 1.98. The lowest BCUT2D eigenvalue weighted by Crippen LogP contribution is -2.26. The number of carbonyl (C=O) groups is 2. The topological polar surface area (TPSA) is 107 Å². The number of benzene rings is 3. The molecule has 0 atom stereocenters. The second kappa shape index (κ2) is 13.1. The van der Waals surface area contributed by atoms with Crippen molar-refractivity contribution in [3.05, 3.63) is 74.2 Å². The lowest BCUT2D eigenvalue weighted by Gasteiger charge is -2.15. The molecule has 0 saturated heterocycles. The number of carbonyl (C=O) groups excluding carboxylic acids is 2. The fourth-order valence-corrected chi connectivity index (χ4v) is 4.63. The fourth-order valence-electron chi connectivity index (χ4n) is 3.29. The Kier molecular flexibility index (Phi) is 9.93. The zero-order valence-electron chi connectivity index (χ0n) is 20.6. The molecule has 194 valence electrons. The molecule has 0 bridgehead atoms. The van der Waals surface area contributed by atoms with E-state index in [1.807, 2.05) is 31.2 Å². The third-order valence-electron chi connectivity index (χ3n) is 5.11. The van der Waals surface area contributed by atoms with Crippen molar-refractivity contribution < 1.29 is 28.5 Å². The maximum Gasteiger partial charge on any atom is 0.343 e. The van der Waals surface area contributed by atoms with Gasteiger partial charge in [0.25, 0.3) is 5.91 Å². The second-order valence-corrected chi connectivity index (χ2v) is 9.34. The molecule has 11 heteroatoms. The molecule has 0 aliphatic rings. The van der Waals surface area contributed by atoms with Crippen LogP contribution in [0.15, 0.2) is 62.6 Å². The number of rotatable bonds is 10. The van der Waals surface area contributed by atoms with Gasteiger partial charge in [-0.3, -0.25) is 4.79 Å².